The van der Waals surface area contributed by atoms with E-state index in [1.807, 2.05) is 19.1 Å². The van der Waals surface area contributed by atoms with Crippen LogP contribution in [0.5, 0.6) is 0 Å². The zero-order valence-corrected chi connectivity index (χ0v) is 10.3. The molecule has 1 aromatic carbocycles. The van der Waals surface area contributed by atoms with Crippen LogP contribution in [0.25, 0.3) is 0 Å². The third-order valence-electron chi connectivity index (χ3n) is 2.83. The van der Waals surface area contributed by atoms with Crippen molar-refractivity contribution in [1.82, 2.24) is 4.90 Å². The molecule has 0 radical (unpaired) electrons. The Bertz CT molecular complexity index is 511. The second-order valence-electron chi connectivity index (χ2n) is 4.22. The number of benzene rings is 1. The minimum Gasteiger partial charge on any atom is -0.370 e. The van der Waals surface area contributed by atoms with E-state index in [0.717, 1.165) is 16.2 Å². The number of hydrogen-bond donors (Lipinski definition) is 0. The molecule has 5 heteroatoms. The van der Waals surface area contributed by atoms with E-state index in [0.29, 0.717) is 18.4 Å². The van der Waals surface area contributed by atoms with Crippen molar-refractivity contribution in [2.75, 3.05) is 0 Å². The summed E-state index contributed by atoms with van der Waals surface area (Å²) in [6, 6.07) is 7.13. The largest absolute Gasteiger partial charge is 0.370 e. The molecule has 0 spiro atoms. The first kappa shape index (κ1) is 12.3. The van der Waals surface area contributed by atoms with Crippen LogP contribution >= 0.6 is 0 Å². The minimum absolute atomic E-state index is 0.363. The van der Waals surface area contributed by atoms with Gasteiger partial charge in [0, 0.05) is 12.0 Å². The molecular formula is C13H14N2O3. The average Bonchev–Trinajstić information content (AvgIpc) is 2.77. The molecule has 1 aliphatic rings. The molecule has 0 fully saturated rings. The highest BCUT2D eigenvalue weighted by molar-refractivity contribution is 6.01. The number of oxime groups is 1. The molecule has 0 aliphatic carbocycles. The van der Waals surface area contributed by atoms with Crippen molar-refractivity contribution < 1.29 is 14.4 Å². The van der Waals surface area contributed by atoms with E-state index in [-0.39, 0.29) is 5.91 Å². The van der Waals surface area contributed by atoms with Crippen LogP contribution < -0.4 is 0 Å². The first-order chi connectivity index (χ1) is 8.63. The lowest BCUT2D eigenvalue weighted by Gasteiger charge is -2.21. The van der Waals surface area contributed by atoms with Crippen LogP contribution in [0.4, 0.5) is 0 Å². The standard InChI is InChI=1S/C13H14N2O3/c1-9-5-3-4-6-11(9)13(17)15(8-16)12-7-10(2)14-18-12/h3-6,8,12H,7H2,1-2H3. The molecule has 0 aromatic heterocycles. The molecular weight excluding hydrogens is 232 g/mol. The van der Waals surface area contributed by atoms with Gasteiger partial charge < -0.3 is 4.84 Å². The summed E-state index contributed by atoms with van der Waals surface area (Å²) in [5.74, 6) is -0.363. The SMILES string of the molecule is CC1=NOC(N(C=O)C(=O)c2ccccc2C)C1. The second kappa shape index (κ2) is 5.00. The minimum atomic E-state index is -0.630. The molecule has 0 N–H and O–H groups in total. The van der Waals surface area contributed by atoms with E-state index in [9.17, 15) is 9.59 Å². The molecule has 1 atom stereocenters. The van der Waals surface area contributed by atoms with Crippen LogP contribution in [0.15, 0.2) is 29.4 Å². The van der Waals surface area contributed by atoms with Crippen molar-refractivity contribution in [1.29, 1.82) is 0 Å². The molecule has 2 rings (SSSR count). The molecule has 18 heavy (non-hydrogen) atoms. The molecule has 1 heterocycles. The Kier molecular flexibility index (Phi) is 3.41. The molecule has 0 bridgehead atoms. The van der Waals surface area contributed by atoms with Crippen LogP contribution in [0.1, 0.15) is 29.3 Å². The number of carbonyl (C=O) groups is 2. The highest BCUT2D eigenvalue weighted by Gasteiger charge is 2.30. The number of imide groups is 1. The van der Waals surface area contributed by atoms with E-state index in [1.54, 1.807) is 19.1 Å². The Morgan fingerprint density at radius 3 is 2.72 bits per heavy atom. The first-order valence-corrected chi connectivity index (χ1v) is 5.66. The normalized spacial score (nSPS) is 17.9. The summed E-state index contributed by atoms with van der Waals surface area (Å²) in [7, 11) is 0. The molecule has 1 aliphatic heterocycles. The summed E-state index contributed by atoms with van der Waals surface area (Å²) < 4.78 is 0. The van der Waals surface area contributed by atoms with E-state index in [2.05, 4.69) is 5.16 Å². The van der Waals surface area contributed by atoms with Crippen LogP contribution in [0.3, 0.4) is 0 Å². The monoisotopic (exact) mass is 246 g/mol. The Morgan fingerprint density at radius 1 is 1.44 bits per heavy atom. The first-order valence-electron chi connectivity index (χ1n) is 5.66. The number of nitrogens with zero attached hydrogens (tertiary/aromatic N) is 2. The van der Waals surface area contributed by atoms with Crippen molar-refractivity contribution in [2.24, 2.45) is 5.16 Å². The van der Waals surface area contributed by atoms with Gasteiger partial charge in [-0.05, 0) is 25.5 Å². The summed E-state index contributed by atoms with van der Waals surface area (Å²) in [6.07, 6.45) is 0.318. The Morgan fingerprint density at radius 2 is 2.17 bits per heavy atom. The highest BCUT2D eigenvalue weighted by atomic mass is 16.7. The Labute approximate surface area is 105 Å². The van der Waals surface area contributed by atoms with Crippen molar-refractivity contribution >= 4 is 18.0 Å². The van der Waals surface area contributed by atoms with Gasteiger partial charge in [-0.3, -0.25) is 9.59 Å². The van der Waals surface area contributed by atoms with E-state index < -0.39 is 6.23 Å². The van der Waals surface area contributed by atoms with Crippen LogP contribution in [0.2, 0.25) is 0 Å². The maximum absolute atomic E-state index is 12.3. The van der Waals surface area contributed by atoms with Crippen LogP contribution in [0, 0.1) is 6.92 Å². The number of amides is 2. The van der Waals surface area contributed by atoms with Crippen molar-refractivity contribution in [2.45, 2.75) is 26.5 Å². The zero-order chi connectivity index (χ0) is 13.1. The smallest absolute Gasteiger partial charge is 0.263 e. The van der Waals surface area contributed by atoms with Gasteiger partial charge in [0.15, 0.2) is 0 Å². The van der Waals surface area contributed by atoms with Gasteiger partial charge in [-0.15, -0.1) is 0 Å². The summed E-state index contributed by atoms with van der Waals surface area (Å²) in [4.78, 5) is 29.5. The van der Waals surface area contributed by atoms with Gasteiger partial charge in [0.2, 0.25) is 12.6 Å². The van der Waals surface area contributed by atoms with Crippen LogP contribution in [-0.2, 0) is 9.63 Å². The Balaban J connectivity index is 2.21. The lowest BCUT2D eigenvalue weighted by molar-refractivity contribution is -0.125. The maximum atomic E-state index is 12.3. The van der Waals surface area contributed by atoms with Crippen molar-refractivity contribution in [3.8, 4) is 0 Å². The third kappa shape index (κ3) is 2.25. The highest BCUT2D eigenvalue weighted by Crippen LogP contribution is 2.18. The average molecular weight is 246 g/mol. The van der Waals surface area contributed by atoms with E-state index in [4.69, 9.17) is 4.84 Å². The number of aryl methyl sites for hydroxylation is 1. The van der Waals surface area contributed by atoms with Gasteiger partial charge in [0.05, 0.1) is 5.71 Å². The molecule has 0 saturated heterocycles. The fraction of sp³-hybridized carbons (Fsp3) is 0.308. The number of hydrogen-bond acceptors (Lipinski definition) is 4. The van der Waals surface area contributed by atoms with Gasteiger partial charge in [0.25, 0.3) is 5.91 Å². The summed E-state index contributed by atoms with van der Waals surface area (Å²) >= 11 is 0. The van der Waals surface area contributed by atoms with Gasteiger partial charge in [-0.25, -0.2) is 4.90 Å². The molecule has 1 unspecified atom stereocenters. The van der Waals surface area contributed by atoms with Gasteiger partial charge in [-0.1, -0.05) is 23.4 Å². The summed E-state index contributed by atoms with van der Waals surface area (Å²) in [6.45, 7) is 3.62. The zero-order valence-electron chi connectivity index (χ0n) is 10.3. The predicted octanol–water partition coefficient (Wildman–Crippen LogP) is 1.72. The van der Waals surface area contributed by atoms with Crippen molar-refractivity contribution in [3.63, 3.8) is 0 Å². The fourth-order valence-corrected chi connectivity index (χ4v) is 1.83. The molecule has 1 aromatic rings. The Hall–Kier alpha value is -2.17. The van der Waals surface area contributed by atoms with Crippen LogP contribution in [-0.4, -0.2) is 29.2 Å². The number of rotatable bonds is 3. The van der Waals surface area contributed by atoms with E-state index in [1.165, 1.54) is 0 Å². The number of carbonyl (C=O) groups excluding carboxylic acids is 2. The fourth-order valence-electron chi connectivity index (χ4n) is 1.83. The summed E-state index contributed by atoms with van der Waals surface area (Å²) in [5, 5.41) is 3.75. The molecule has 94 valence electrons. The molecule has 0 saturated carbocycles. The third-order valence-corrected chi connectivity index (χ3v) is 2.83. The lowest BCUT2D eigenvalue weighted by Crippen LogP contribution is -2.39. The predicted molar refractivity (Wildman–Crippen MR) is 66.0 cm³/mol. The summed E-state index contributed by atoms with van der Waals surface area (Å²) in [5.41, 5.74) is 2.09. The van der Waals surface area contributed by atoms with Gasteiger partial charge in [-0.2, -0.15) is 0 Å². The van der Waals surface area contributed by atoms with Gasteiger partial charge >= 0.3 is 0 Å². The molecule has 2 amide bonds. The van der Waals surface area contributed by atoms with E-state index >= 15 is 0 Å². The lowest BCUT2D eigenvalue weighted by atomic mass is 10.1. The quantitative estimate of drug-likeness (QED) is 0.763. The topological polar surface area (TPSA) is 59.0 Å². The maximum Gasteiger partial charge on any atom is 0.263 e. The van der Waals surface area contributed by atoms with Crippen molar-refractivity contribution in [3.05, 3.63) is 35.4 Å². The second-order valence-corrected chi connectivity index (χ2v) is 4.22. The van der Waals surface area contributed by atoms with Gasteiger partial charge in [0.1, 0.15) is 0 Å². The molecule has 5 nitrogen and oxygen atoms in total.